The lowest BCUT2D eigenvalue weighted by Gasteiger charge is -2.07. The summed E-state index contributed by atoms with van der Waals surface area (Å²) < 4.78 is 6.03. The number of benzene rings is 1. The summed E-state index contributed by atoms with van der Waals surface area (Å²) >= 11 is 4.97. The van der Waals surface area contributed by atoms with Crippen LogP contribution >= 0.6 is 27.3 Å². The quantitative estimate of drug-likeness (QED) is 0.657. The molecule has 5 nitrogen and oxygen atoms in total. The summed E-state index contributed by atoms with van der Waals surface area (Å²) in [5.74, 6) is 0.469. The number of rotatable bonds is 5. The first kappa shape index (κ1) is 13.8. The van der Waals surface area contributed by atoms with Crippen molar-refractivity contribution in [2.24, 2.45) is 0 Å². The standard InChI is InChI=1S/C12H11BrN2O3S/c1-18-8-2-4-10(11(6-8)15(16)17)14-7-9-3-5-12(13)19-9/h2-6,14H,7H2,1H3. The predicted octanol–water partition coefficient (Wildman–Crippen LogP) is 4.04. The van der Waals surface area contributed by atoms with Crippen molar-refractivity contribution in [2.75, 3.05) is 12.4 Å². The molecule has 2 aromatic rings. The van der Waals surface area contributed by atoms with Gasteiger partial charge in [0, 0.05) is 11.4 Å². The summed E-state index contributed by atoms with van der Waals surface area (Å²) in [5, 5.41) is 14.1. The van der Waals surface area contributed by atoms with E-state index in [2.05, 4.69) is 21.2 Å². The van der Waals surface area contributed by atoms with E-state index in [1.165, 1.54) is 13.2 Å². The fourth-order valence-corrected chi connectivity index (χ4v) is 2.99. The van der Waals surface area contributed by atoms with Crippen LogP contribution in [0.4, 0.5) is 11.4 Å². The average molecular weight is 343 g/mol. The van der Waals surface area contributed by atoms with Crippen LogP contribution in [0.5, 0.6) is 5.75 Å². The number of ether oxygens (including phenoxy) is 1. The Bertz CT molecular complexity index is 600. The molecule has 0 aliphatic heterocycles. The Morgan fingerprint density at radius 2 is 2.21 bits per heavy atom. The Morgan fingerprint density at radius 1 is 1.42 bits per heavy atom. The lowest BCUT2D eigenvalue weighted by molar-refractivity contribution is -0.384. The highest BCUT2D eigenvalue weighted by molar-refractivity contribution is 9.11. The van der Waals surface area contributed by atoms with E-state index in [1.54, 1.807) is 23.5 Å². The van der Waals surface area contributed by atoms with Crippen LogP contribution in [0.25, 0.3) is 0 Å². The number of anilines is 1. The second-order valence-corrected chi connectivity index (χ2v) is 6.25. The molecule has 0 spiro atoms. The van der Waals surface area contributed by atoms with Gasteiger partial charge in [-0.05, 0) is 40.2 Å². The minimum absolute atomic E-state index is 0.00923. The Morgan fingerprint density at radius 3 is 2.79 bits per heavy atom. The van der Waals surface area contributed by atoms with Crippen molar-refractivity contribution in [2.45, 2.75) is 6.54 Å². The molecule has 0 fully saturated rings. The highest BCUT2D eigenvalue weighted by Crippen LogP contribution is 2.30. The molecule has 19 heavy (non-hydrogen) atoms. The molecule has 0 aliphatic carbocycles. The largest absolute Gasteiger partial charge is 0.496 e. The van der Waals surface area contributed by atoms with Gasteiger partial charge in [-0.15, -0.1) is 11.3 Å². The van der Waals surface area contributed by atoms with Crippen LogP contribution in [0.15, 0.2) is 34.1 Å². The average Bonchev–Trinajstić information content (AvgIpc) is 2.82. The molecule has 1 N–H and O–H groups in total. The van der Waals surface area contributed by atoms with Gasteiger partial charge in [0.25, 0.3) is 5.69 Å². The van der Waals surface area contributed by atoms with Gasteiger partial charge in [0.05, 0.1) is 21.9 Å². The fourth-order valence-electron chi connectivity index (χ4n) is 1.57. The summed E-state index contributed by atoms with van der Waals surface area (Å²) in [6, 6.07) is 8.67. The first-order chi connectivity index (χ1) is 9.10. The van der Waals surface area contributed by atoms with Gasteiger partial charge in [0.1, 0.15) is 11.4 Å². The lowest BCUT2D eigenvalue weighted by atomic mass is 10.2. The smallest absolute Gasteiger partial charge is 0.296 e. The summed E-state index contributed by atoms with van der Waals surface area (Å²) in [6.45, 7) is 0.545. The molecule has 2 rings (SSSR count). The number of nitrogens with zero attached hydrogens (tertiary/aromatic N) is 1. The third-order valence-electron chi connectivity index (χ3n) is 2.48. The number of hydrogen-bond donors (Lipinski definition) is 1. The monoisotopic (exact) mass is 342 g/mol. The molecule has 0 atom stereocenters. The SMILES string of the molecule is COc1ccc(NCc2ccc(Br)s2)c([N+](=O)[O-])c1. The van der Waals surface area contributed by atoms with Crippen LogP contribution in [0.1, 0.15) is 4.88 Å². The molecule has 100 valence electrons. The lowest BCUT2D eigenvalue weighted by Crippen LogP contribution is -2.01. The van der Waals surface area contributed by atoms with E-state index in [-0.39, 0.29) is 5.69 Å². The molecule has 1 heterocycles. The Balaban J connectivity index is 2.17. The first-order valence-corrected chi connectivity index (χ1v) is 7.01. The number of methoxy groups -OCH3 is 1. The Hall–Kier alpha value is -1.60. The van der Waals surface area contributed by atoms with Crippen LogP contribution in [0, 0.1) is 10.1 Å². The third kappa shape index (κ3) is 3.45. The minimum atomic E-state index is -0.421. The van der Waals surface area contributed by atoms with Crippen LogP contribution in [0.3, 0.4) is 0 Å². The van der Waals surface area contributed by atoms with Crippen molar-refractivity contribution in [3.8, 4) is 5.75 Å². The van der Waals surface area contributed by atoms with Crippen LogP contribution in [-0.2, 0) is 6.54 Å². The molecule has 0 unspecified atom stereocenters. The van der Waals surface area contributed by atoms with Crippen LogP contribution in [-0.4, -0.2) is 12.0 Å². The molecule has 0 amide bonds. The molecule has 0 saturated heterocycles. The van der Waals surface area contributed by atoms with Gasteiger partial charge in [-0.1, -0.05) is 0 Å². The van der Waals surface area contributed by atoms with E-state index < -0.39 is 4.92 Å². The van der Waals surface area contributed by atoms with E-state index in [0.717, 1.165) is 8.66 Å². The number of halogens is 1. The number of nitro groups is 1. The zero-order chi connectivity index (χ0) is 13.8. The summed E-state index contributed by atoms with van der Waals surface area (Å²) in [6.07, 6.45) is 0. The maximum absolute atomic E-state index is 11.0. The predicted molar refractivity (Wildman–Crippen MR) is 79.0 cm³/mol. The summed E-state index contributed by atoms with van der Waals surface area (Å²) in [7, 11) is 1.48. The fraction of sp³-hybridized carbons (Fsp3) is 0.167. The van der Waals surface area contributed by atoms with Crippen molar-refractivity contribution in [3.63, 3.8) is 0 Å². The van der Waals surface area contributed by atoms with Gasteiger partial charge >= 0.3 is 0 Å². The van der Waals surface area contributed by atoms with Crippen molar-refractivity contribution >= 4 is 38.6 Å². The second-order valence-electron chi connectivity index (χ2n) is 3.70. The van der Waals surface area contributed by atoms with Gasteiger partial charge in [0.2, 0.25) is 0 Å². The number of nitrogens with one attached hydrogen (secondary N) is 1. The van der Waals surface area contributed by atoms with Crippen molar-refractivity contribution in [3.05, 3.63) is 49.1 Å². The Kier molecular flexibility index (Phi) is 4.39. The molecular formula is C12H11BrN2O3S. The molecule has 0 aliphatic rings. The van der Waals surface area contributed by atoms with E-state index in [9.17, 15) is 10.1 Å². The number of nitro benzene ring substituents is 1. The highest BCUT2D eigenvalue weighted by atomic mass is 79.9. The van der Waals surface area contributed by atoms with Crippen molar-refractivity contribution in [1.29, 1.82) is 0 Å². The zero-order valence-electron chi connectivity index (χ0n) is 10.1. The topological polar surface area (TPSA) is 64.4 Å². The number of hydrogen-bond acceptors (Lipinski definition) is 5. The van der Waals surface area contributed by atoms with E-state index >= 15 is 0 Å². The third-order valence-corrected chi connectivity index (χ3v) is 4.11. The maximum Gasteiger partial charge on any atom is 0.296 e. The summed E-state index contributed by atoms with van der Waals surface area (Å²) in [5.41, 5.74) is 0.491. The number of thiophene rings is 1. The molecule has 0 radical (unpaired) electrons. The van der Waals surface area contributed by atoms with Crippen LogP contribution < -0.4 is 10.1 Å². The van der Waals surface area contributed by atoms with Gasteiger partial charge in [-0.3, -0.25) is 10.1 Å². The van der Waals surface area contributed by atoms with Gasteiger partial charge < -0.3 is 10.1 Å². The van der Waals surface area contributed by atoms with E-state index in [0.29, 0.717) is 18.0 Å². The van der Waals surface area contributed by atoms with Crippen molar-refractivity contribution in [1.82, 2.24) is 0 Å². The summed E-state index contributed by atoms with van der Waals surface area (Å²) in [4.78, 5) is 11.7. The molecule has 1 aromatic carbocycles. The molecular weight excluding hydrogens is 332 g/mol. The minimum Gasteiger partial charge on any atom is -0.496 e. The zero-order valence-corrected chi connectivity index (χ0v) is 12.5. The highest BCUT2D eigenvalue weighted by Gasteiger charge is 2.14. The molecule has 7 heteroatoms. The van der Waals surface area contributed by atoms with E-state index in [1.807, 2.05) is 12.1 Å². The van der Waals surface area contributed by atoms with E-state index in [4.69, 9.17) is 4.74 Å². The molecule has 0 saturated carbocycles. The Labute approximate surface area is 122 Å². The first-order valence-electron chi connectivity index (χ1n) is 5.40. The second kappa shape index (κ2) is 6.03. The van der Waals surface area contributed by atoms with Gasteiger partial charge in [0.15, 0.2) is 0 Å². The maximum atomic E-state index is 11.0. The van der Waals surface area contributed by atoms with Crippen LogP contribution in [0.2, 0.25) is 0 Å². The molecule has 0 bridgehead atoms. The van der Waals surface area contributed by atoms with Gasteiger partial charge in [-0.25, -0.2) is 0 Å². The van der Waals surface area contributed by atoms with Gasteiger partial charge in [-0.2, -0.15) is 0 Å². The normalized spacial score (nSPS) is 10.2. The van der Waals surface area contributed by atoms with Crippen molar-refractivity contribution < 1.29 is 9.66 Å². The molecule has 1 aromatic heterocycles.